The maximum Gasteiger partial charge on any atom is 0.242 e. The topological polar surface area (TPSA) is 83.5 Å². The largest absolute Gasteiger partial charge is 0.395 e. The summed E-state index contributed by atoms with van der Waals surface area (Å²) in [7, 11) is -3.43. The number of nitrogens with one attached hydrogen (secondary N) is 1. The van der Waals surface area contributed by atoms with Crippen molar-refractivity contribution in [3.05, 3.63) is 29.3 Å². The van der Waals surface area contributed by atoms with Crippen molar-refractivity contribution in [2.75, 3.05) is 18.2 Å². The molecule has 0 aromatic heterocycles. The van der Waals surface area contributed by atoms with Crippen LogP contribution >= 0.6 is 0 Å². The van der Waals surface area contributed by atoms with Crippen LogP contribution < -0.4 is 5.32 Å². The average Bonchev–Trinajstić information content (AvgIpc) is 2.40. The third kappa shape index (κ3) is 5.21. The Morgan fingerprint density at radius 2 is 2.10 bits per heavy atom. The van der Waals surface area contributed by atoms with E-state index in [4.69, 9.17) is 5.11 Å². The van der Waals surface area contributed by atoms with E-state index in [-0.39, 0.29) is 6.61 Å². The van der Waals surface area contributed by atoms with Crippen LogP contribution in [-0.4, -0.2) is 37.5 Å². The summed E-state index contributed by atoms with van der Waals surface area (Å²) < 4.78 is 22.7. The SMILES string of the molecule is Cc1ccc(NC(=O)C(C)S(C)(=O)=O)cc1C#CCCO. The molecule has 0 aliphatic rings. The number of aliphatic hydroxyl groups is 1. The molecule has 0 aliphatic heterocycles. The van der Waals surface area contributed by atoms with Crippen molar-refractivity contribution in [2.45, 2.75) is 25.5 Å². The number of carbonyl (C=O) groups excluding carboxylic acids is 1. The number of carbonyl (C=O) groups is 1. The van der Waals surface area contributed by atoms with Crippen molar-refractivity contribution in [3.63, 3.8) is 0 Å². The fourth-order valence-electron chi connectivity index (χ4n) is 1.49. The molecule has 0 fully saturated rings. The van der Waals surface area contributed by atoms with Gasteiger partial charge in [-0.05, 0) is 31.5 Å². The lowest BCUT2D eigenvalue weighted by Crippen LogP contribution is -2.31. The average molecular weight is 309 g/mol. The van der Waals surface area contributed by atoms with Crippen molar-refractivity contribution < 1.29 is 18.3 Å². The minimum absolute atomic E-state index is 0.00561. The molecule has 1 aromatic carbocycles. The Bertz CT molecular complexity index is 683. The van der Waals surface area contributed by atoms with Crippen molar-refractivity contribution >= 4 is 21.4 Å². The third-order valence-corrected chi connectivity index (χ3v) is 4.47. The van der Waals surface area contributed by atoms with Crippen LogP contribution in [0.25, 0.3) is 0 Å². The highest BCUT2D eigenvalue weighted by Gasteiger charge is 2.23. The number of aryl methyl sites for hydroxylation is 1. The van der Waals surface area contributed by atoms with Crippen molar-refractivity contribution in [1.29, 1.82) is 0 Å². The van der Waals surface area contributed by atoms with Crippen LogP contribution in [0.2, 0.25) is 0 Å². The van der Waals surface area contributed by atoms with Crippen molar-refractivity contribution in [2.24, 2.45) is 0 Å². The van der Waals surface area contributed by atoms with Gasteiger partial charge >= 0.3 is 0 Å². The second-order valence-electron chi connectivity index (χ2n) is 4.77. The number of rotatable bonds is 4. The van der Waals surface area contributed by atoms with E-state index in [1.165, 1.54) is 6.92 Å². The summed E-state index contributed by atoms with van der Waals surface area (Å²) in [5, 5.41) is 10.2. The van der Waals surface area contributed by atoms with E-state index in [0.717, 1.165) is 17.4 Å². The lowest BCUT2D eigenvalue weighted by Gasteiger charge is -2.11. The van der Waals surface area contributed by atoms with Gasteiger partial charge in [-0.25, -0.2) is 8.42 Å². The van der Waals surface area contributed by atoms with Gasteiger partial charge in [0.15, 0.2) is 9.84 Å². The molecule has 1 aromatic rings. The molecule has 0 heterocycles. The van der Waals surface area contributed by atoms with E-state index < -0.39 is 21.0 Å². The van der Waals surface area contributed by atoms with Crippen LogP contribution in [0.1, 0.15) is 24.5 Å². The molecule has 0 aliphatic carbocycles. The van der Waals surface area contributed by atoms with Crippen LogP contribution in [0.3, 0.4) is 0 Å². The Kier molecular flexibility index (Phi) is 5.94. The normalized spacial score (nSPS) is 12.2. The number of benzene rings is 1. The molecule has 0 radical (unpaired) electrons. The molecule has 0 saturated heterocycles. The summed E-state index contributed by atoms with van der Waals surface area (Å²) >= 11 is 0. The Morgan fingerprint density at radius 1 is 1.43 bits per heavy atom. The molecule has 1 amide bonds. The fourth-order valence-corrected chi connectivity index (χ4v) is 1.93. The number of sulfone groups is 1. The van der Waals surface area contributed by atoms with E-state index in [1.807, 2.05) is 6.92 Å². The number of hydrogen-bond donors (Lipinski definition) is 2. The molecule has 1 rings (SSSR count). The highest BCUT2D eigenvalue weighted by molar-refractivity contribution is 7.92. The smallest absolute Gasteiger partial charge is 0.242 e. The van der Waals surface area contributed by atoms with Crippen molar-refractivity contribution in [1.82, 2.24) is 0 Å². The van der Waals surface area contributed by atoms with Crippen LogP contribution in [0.15, 0.2) is 18.2 Å². The lowest BCUT2D eigenvalue weighted by atomic mass is 10.1. The maximum atomic E-state index is 11.9. The number of anilines is 1. The highest BCUT2D eigenvalue weighted by Crippen LogP contribution is 2.15. The summed E-state index contributed by atoms with van der Waals surface area (Å²) in [6.45, 7) is 3.23. The lowest BCUT2D eigenvalue weighted by molar-refractivity contribution is -0.115. The highest BCUT2D eigenvalue weighted by atomic mass is 32.2. The zero-order valence-electron chi connectivity index (χ0n) is 12.3. The van der Waals surface area contributed by atoms with Gasteiger partial charge in [-0.3, -0.25) is 4.79 Å². The van der Waals surface area contributed by atoms with Crippen molar-refractivity contribution in [3.8, 4) is 11.8 Å². The second kappa shape index (κ2) is 7.25. The van der Waals surface area contributed by atoms with E-state index >= 15 is 0 Å². The minimum atomic E-state index is -3.43. The molecule has 21 heavy (non-hydrogen) atoms. The molecular formula is C15H19NO4S. The molecule has 1 atom stereocenters. The van der Waals surface area contributed by atoms with Gasteiger partial charge in [0, 0.05) is 23.9 Å². The van der Waals surface area contributed by atoms with Gasteiger partial charge in [0.2, 0.25) is 5.91 Å². The molecular weight excluding hydrogens is 290 g/mol. The van der Waals surface area contributed by atoms with Gasteiger partial charge in [-0.1, -0.05) is 17.9 Å². The zero-order chi connectivity index (χ0) is 16.0. The van der Waals surface area contributed by atoms with Gasteiger partial charge in [-0.15, -0.1) is 0 Å². The summed E-state index contributed by atoms with van der Waals surface area (Å²) in [5.41, 5.74) is 2.16. The molecule has 0 bridgehead atoms. The molecule has 0 spiro atoms. The first-order valence-corrected chi connectivity index (χ1v) is 8.41. The van der Waals surface area contributed by atoms with E-state index in [1.54, 1.807) is 18.2 Å². The van der Waals surface area contributed by atoms with Crippen LogP contribution in [0.5, 0.6) is 0 Å². The van der Waals surface area contributed by atoms with Gasteiger partial charge < -0.3 is 10.4 Å². The summed E-state index contributed by atoms with van der Waals surface area (Å²) in [6, 6.07) is 5.18. The zero-order valence-corrected chi connectivity index (χ0v) is 13.1. The number of aliphatic hydroxyl groups excluding tert-OH is 1. The first kappa shape index (κ1) is 17.2. The summed E-state index contributed by atoms with van der Waals surface area (Å²) in [4.78, 5) is 11.9. The van der Waals surface area contributed by atoms with Gasteiger partial charge in [0.1, 0.15) is 5.25 Å². The predicted molar refractivity (Wildman–Crippen MR) is 82.7 cm³/mol. The maximum absolute atomic E-state index is 11.9. The summed E-state index contributed by atoms with van der Waals surface area (Å²) in [6.07, 6.45) is 1.40. The number of hydrogen-bond acceptors (Lipinski definition) is 4. The third-order valence-electron chi connectivity index (χ3n) is 2.98. The quantitative estimate of drug-likeness (QED) is 0.816. The van der Waals surface area contributed by atoms with E-state index in [2.05, 4.69) is 17.2 Å². The van der Waals surface area contributed by atoms with Crippen LogP contribution in [0, 0.1) is 18.8 Å². The molecule has 0 saturated carbocycles. The van der Waals surface area contributed by atoms with Crippen LogP contribution in [0.4, 0.5) is 5.69 Å². The first-order chi connectivity index (χ1) is 9.75. The molecule has 2 N–H and O–H groups in total. The fraction of sp³-hybridized carbons (Fsp3) is 0.400. The predicted octanol–water partition coefficient (Wildman–Crippen LogP) is 1.10. The van der Waals surface area contributed by atoms with Gasteiger partial charge in [0.05, 0.1) is 6.61 Å². The first-order valence-electron chi connectivity index (χ1n) is 6.46. The monoisotopic (exact) mass is 309 g/mol. The molecule has 6 heteroatoms. The number of amides is 1. The second-order valence-corrected chi connectivity index (χ2v) is 7.13. The summed E-state index contributed by atoms with van der Waals surface area (Å²) in [5.74, 6) is 5.15. The van der Waals surface area contributed by atoms with Crippen LogP contribution in [-0.2, 0) is 14.6 Å². The Labute approximate surface area is 125 Å². The molecule has 1 unspecified atom stereocenters. The molecule has 114 valence electrons. The Morgan fingerprint density at radius 3 is 2.67 bits per heavy atom. The van der Waals surface area contributed by atoms with E-state index in [0.29, 0.717) is 12.1 Å². The minimum Gasteiger partial charge on any atom is -0.395 e. The Hall–Kier alpha value is -1.84. The van der Waals surface area contributed by atoms with Gasteiger partial charge in [-0.2, -0.15) is 0 Å². The van der Waals surface area contributed by atoms with E-state index in [9.17, 15) is 13.2 Å². The Balaban J connectivity index is 2.94. The standard InChI is InChI=1S/C15H19NO4S/c1-11-7-8-14(10-13(11)6-4-5-9-17)16-15(18)12(2)21(3,19)20/h7-8,10,12,17H,5,9H2,1-3H3,(H,16,18). The van der Waals surface area contributed by atoms with Gasteiger partial charge in [0.25, 0.3) is 0 Å². The molecule has 5 nitrogen and oxygen atoms in total.